The predicted molar refractivity (Wildman–Crippen MR) is 101 cm³/mol. The minimum absolute atomic E-state index is 0.0604. The number of halogens is 1. The van der Waals surface area contributed by atoms with Gasteiger partial charge in [0.05, 0.1) is 13.2 Å². The molecule has 1 atom stereocenters. The molecule has 0 aliphatic heterocycles. The standard InChI is InChI=1S/C19H23BrN2O2/c1-3-18(14-5-7-15(20)8-6-14)21-13-19(23)22-16-9-11-17(12-10-16)24-4-2/h5-12,18,21H,3-4,13H2,1-2H3,(H,22,23)/t18-/m1/s1. The van der Waals surface area contributed by atoms with Crippen molar-refractivity contribution in [1.29, 1.82) is 0 Å². The summed E-state index contributed by atoms with van der Waals surface area (Å²) in [5.74, 6) is 0.740. The molecule has 1 amide bonds. The number of hydrogen-bond acceptors (Lipinski definition) is 3. The van der Waals surface area contributed by atoms with Crippen LogP contribution in [0, 0.1) is 0 Å². The number of hydrogen-bond donors (Lipinski definition) is 2. The van der Waals surface area contributed by atoms with Crippen molar-refractivity contribution in [2.45, 2.75) is 26.3 Å². The Labute approximate surface area is 151 Å². The summed E-state index contributed by atoms with van der Waals surface area (Å²) in [7, 11) is 0. The van der Waals surface area contributed by atoms with Crippen molar-refractivity contribution in [3.8, 4) is 5.75 Å². The van der Waals surface area contributed by atoms with Crippen molar-refractivity contribution in [2.75, 3.05) is 18.5 Å². The molecule has 2 aromatic rings. The van der Waals surface area contributed by atoms with Crippen molar-refractivity contribution in [3.05, 3.63) is 58.6 Å². The zero-order valence-electron chi connectivity index (χ0n) is 14.0. The Hall–Kier alpha value is -1.85. The summed E-state index contributed by atoms with van der Waals surface area (Å²) in [4.78, 5) is 12.1. The Balaban J connectivity index is 1.86. The van der Waals surface area contributed by atoms with Crippen LogP contribution in [0.2, 0.25) is 0 Å². The van der Waals surface area contributed by atoms with Crippen LogP contribution in [0.25, 0.3) is 0 Å². The van der Waals surface area contributed by atoms with Crippen LogP contribution < -0.4 is 15.4 Å². The maximum absolute atomic E-state index is 12.1. The van der Waals surface area contributed by atoms with Crippen molar-refractivity contribution in [1.82, 2.24) is 5.32 Å². The van der Waals surface area contributed by atoms with E-state index in [1.165, 1.54) is 5.56 Å². The van der Waals surface area contributed by atoms with Crippen LogP contribution in [0.4, 0.5) is 5.69 Å². The molecule has 0 saturated carbocycles. The van der Waals surface area contributed by atoms with Gasteiger partial charge in [0.1, 0.15) is 5.75 Å². The molecule has 128 valence electrons. The lowest BCUT2D eigenvalue weighted by Gasteiger charge is -2.17. The molecule has 0 saturated heterocycles. The predicted octanol–water partition coefficient (Wildman–Crippen LogP) is 4.53. The van der Waals surface area contributed by atoms with E-state index in [2.05, 4.69) is 45.6 Å². The van der Waals surface area contributed by atoms with Crippen molar-refractivity contribution in [3.63, 3.8) is 0 Å². The van der Waals surface area contributed by atoms with Gasteiger partial charge in [-0.3, -0.25) is 4.79 Å². The SMILES string of the molecule is CCOc1ccc(NC(=O)CN[C@H](CC)c2ccc(Br)cc2)cc1. The Morgan fingerprint density at radius 1 is 1.08 bits per heavy atom. The Morgan fingerprint density at radius 3 is 2.33 bits per heavy atom. The summed E-state index contributed by atoms with van der Waals surface area (Å²) >= 11 is 3.44. The molecule has 0 unspecified atom stereocenters. The fourth-order valence-corrected chi connectivity index (χ4v) is 2.68. The van der Waals surface area contributed by atoms with E-state index in [0.29, 0.717) is 6.61 Å². The van der Waals surface area contributed by atoms with E-state index in [4.69, 9.17) is 4.74 Å². The molecule has 0 fully saturated rings. The number of anilines is 1. The second-order valence-electron chi connectivity index (χ2n) is 5.40. The van der Waals surface area contributed by atoms with E-state index in [1.54, 1.807) is 0 Å². The molecule has 2 aromatic carbocycles. The first-order valence-corrected chi connectivity index (χ1v) is 8.93. The lowest BCUT2D eigenvalue weighted by atomic mass is 10.0. The van der Waals surface area contributed by atoms with E-state index < -0.39 is 0 Å². The van der Waals surface area contributed by atoms with Crippen molar-refractivity contribution >= 4 is 27.5 Å². The number of carbonyl (C=O) groups excluding carboxylic acids is 1. The van der Waals surface area contributed by atoms with Gasteiger partial charge in [-0.2, -0.15) is 0 Å². The second kappa shape index (κ2) is 9.45. The first-order valence-electron chi connectivity index (χ1n) is 8.14. The lowest BCUT2D eigenvalue weighted by molar-refractivity contribution is -0.115. The zero-order chi connectivity index (χ0) is 17.4. The van der Waals surface area contributed by atoms with Gasteiger partial charge in [0.25, 0.3) is 0 Å². The van der Waals surface area contributed by atoms with E-state index in [-0.39, 0.29) is 18.5 Å². The summed E-state index contributed by atoms with van der Waals surface area (Å²) in [5, 5.41) is 6.19. The average Bonchev–Trinajstić information content (AvgIpc) is 2.59. The smallest absolute Gasteiger partial charge is 0.238 e. The molecular formula is C19H23BrN2O2. The van der Waals surface area contributed by atoms with E-state index >= 15 is 0 Å². The topological polar surface area (TPSA) is 50.4 Å². The van der Waals surface area contributed by atoms with Gasteiger partial charge in [0, 0.05) is 16.2 Å². The zero-order valence-corrected chi connectivity index (χ0v) is 15.6. The number of rotatable bonds is 8. The lowest BCUT2D eigenvalue weighted by Crippen LogP contribution is -2.31. The molecule has 24 heavy (non-hydrogen) atoms. The molecule has 4 nitrogen and oxygen atoms in total. The minimum atomic E-state index is -0.0604. The van der Waals surface area contributed by atoms with Gasteiger partial charge in [-0.15, -0.1) is 0 Å². The molecule has 0 aliphatic rings. The molecule has 0 bridgehead atoms. The molecule has 0 aromatic heterocycles. The Morgan fingerprint density at radius 2 is 1.75 bits per heavy atom. The summed E-state index contributed by atoms with van der Waals surface area (Å²) < 4.78 is 6.44. The Kier molecular flexibility index (Phi) is 7.28. The van der Waals surface area contributed by atoms with Crippen molar-refractivity contribution in [2.24, 2.45) is 0 Å². The van der Waals surface area contributed by atoms with Gasteiger partial charge in [0.2, 0.25) is 5.91 Å². The second-order valence-corrected chi connectivity index (χ2v) is 6.31. The van der Waals surface area contributed by atoms with Gasteiger partial charge in [-0.05, 0) is 55.3 Å². The summed E-state index contributed by atoms with van der Waals surface area (Å²) in [6.07, 6.45) is 0.915. The summed E-state index contributed by atoms with van der Waals surface area (Å²) in [6, 6.07) is 15.7. The molecule has 2 N–H and O–H groups in total. The van der Waals surface area contributed by atoms with E-state index in [0.717, 1.165) is 22.3 Å². The molecule has 0 heterocycles. The van der Waals surface area contributed by atoms with E-state index in [9.17, 15) is 4.79 Å². The largest absolute Gasteiger partial charge is 0.494 e. The maximum atomic E-state index is 12.1. The van der Waals surface area contributed by atoms with Crippen molar-refractivity contribution < 1.29 is 9.53 Å². The van der Waals surface area contributed by atoms with Crippen LogP contribution in [-0.2, 0) is 4.79 Å². The highest BCUT2D eigenvalue weighted by Gasteiger charge is 2.11. The number of ether oxygens (including phenoxy) is 1. The number of amides is 1. The number of carbonyl (C=O) groups is 1. The van der Waals surface area contributed by atoms with Gasteiger partial charge < -0.3 is 15.4 Å². The molecule has 0 spiro atoms. The van der Waals surface area contributed by atoms with Gasteiger partial charge >= 0.3 is 0 Å². The third-order valence-electron chi connectivity index (χ3n) is 3.64. The molecule has 5 heteroatoms. The molecule has 0 aliphatic carbocycles. The molecule has 2 rings (SSSR count). The first-order chi connectivity index (χ1) is 11.6. The van der Waals surface area contributed by atoms with Crippen LogP contribution in [0.1, 0.15) is 31.9 Å². The molecule has 0 radical (unpaired) electrons. The highest BCUT2D eigenvalue weighted by Crippen LogP contribution is 2.19. The number of nitrogens with one attached hydrogen (secondary N) is 2. The van der Waals surface area contributed by atoms with Gasteiger partial charge in [0.15, 0.2) is 0 Å². The highest BCUT2D eigenvalue weighted by molar-refractivity contribution is 9.10. The molecular weight excluding hydrogens is 368 g/mol. The minimum Gasteiger partial charge on any atom is -0.494 e. The number of benzene rings is 2. The fraction of sp³-hybridized carbons (Fsp3) is 0.316. The van der Waals surface area contributed by atoms with Crippen LogP contribution in [0.5, 0.6) is 5.75 Å². The van der Waals surface area contributed by atoms with Gasteiger partial charge in [-0.1, -0.05) is 35.0 Å². The third-order valence-corrected chi connectivity index (χ3v) is 4.17. The van der Waals surface area contributed by atoms with Crippen LogP contribution in [0.3, 0.4) is 0 Å². The normalized spacial score (nSPS) is 11.8. The van der Waals surface area contributed by atoms with Crippen LogP contribution in [0.15, 0.2) is 53.0 Å². The fourth-order valence-electron chi connectivity index (χ4n) is 2.42. The highest BCUT2D eigenvalue weighted by atomic mass is 79.9. The van der Waals surface area contributed by atoms with E-state index in [1.807, 2.05) is 43.3 Å². The third kappa shape index (κ3) is 5.65. The maximum Gasteiger partial charge on any atom is 0.238 e. The average molecular weight is 391 g/mol. The first kappa shape index (κ1) is 18.5. The summed E-state index contributed by atoms with van der Waals surface area (Å²) in [5.41, 5.74) is 1.94. The van der Waals surface area contributed by atoms with Crippen LogP contribution >= 0.6 is 15.9 Å². The van der Waals surface area contributed by atoms with Gasteiger partial charge in [-0.25, -0.2) is 0 Å². The monoisotopic (exact) mass is 390 g/mol. The van der Waals surface area contributed by atoms with Crippen LogP contribution in [-0.4, -0.2) is 19.1 Å². The quantitative estimate of drug-likeness (QED) is 0.695. The Bertz CT molecular complexity index is 641. The summed E-state index contributed by atoms with van der Waals surface area (Å²) in [6.45, 7) is 4.94.